The largest absolute Gasteiger partial charge is 0.307 e. The zero-order valence-electron chi connectivity index (χ0n) is 24.3. The van der Waals surface area contributed by atoms with E-state index < -0.39 is 0 Å². The lowest BCUT2D eigenvalue weighted by atomic mass is 10.1. The molecule has 3 heterocycles. The van der Waals surface area contributed by atoms with Gasteiger partial charge in [0.05, 0.1) is 22.1 Å². The van der Waals surface area contributed by atoms with Gasteiger partial charge in [-0.3, -0.25) is 4.57 Å². The summed E-state index contributed by atoms with van der Waals surface area (Å²) in [5.74, 6) is 1.99. The van der Waals surface area contributed by atoms with E-state index in [0.717, 1.165) is 49.9 Å². The molecular weight excluding hydrogens is 538 g/mol. The minimum absolute atomic E-state index is 0.594. The van der Waals surface area contributed by atoms with Gasteiger partial charge in [-0.05, 0) is 31.2 Å². The summed E-state index contributed by atoms with van der Waals surface area (Å²) in [6.45, 7) is 2.01. The lowest BCUT2D eigenvalue weighted by Crippen LogP contribution is -2.08. The Labute approximate surface area is 255 Å². The van der Waals surface area contributed by atoms with Crippen LogP contribution in [0.1, 0.15) is 12.7 Å². The van der Waals surface area contributed by atoms with Crippen LogP contribution in [0.3, 0.4) is 0 Å². The van der Waals surface area contributed by atoms with Crippen LogP contribution < -0.4 is 0 Å². The fraction of sp³-hybridized carbons (Fsp3) is 0.0513. The molecule has 8 aromatic rings. The maximum Gasteiger partial charge on any atom is 0.238 e. The van der Waals surface area contributed by atoms with Gasteiger partial charge in [-0.15, -0.1) is 0 Å². The molecule has 5 aromatic carbocycles. The van der Waals surface area contributed by atoms with Crippen molar-refractivity contribution in [3.8, 4) is 23.0 Å². The van der Waals surface area contributed by atoms with Crippen LogP contribution in [0.4, 0.5) is 0 Å². The molecule has 0 aliphatic heterocycles. The topological polar surface area (TPSA) is 48.5 Å². The van der Waals surface area contributed by atoms with Gasteiger partial charge >= 0.3 is 0 Å². The molecule has 0 atom stereocenters. The second kappa shape index (κ2) is 10.8. The van der Waals surface area contributed by atoms with Gasteiger partial charge in [-0.1, -0.05) is 121 Å². The third-order valence-corrected chi connectivity index (χ3v) is 8.13. The SMILES string of the molecule is CC=CC=CCc1nc(-c2ccccc2)nc(-n2c3ccccc3c3ccc4c5ccccc5n(-c5ccccc5)c4c32)n1. The summed E-state index contributed by atoms with van der Waals surface area (Å²) >= 11 is 0. The highest BCUT2D eigenvalue weighted by atomic mass is 15.2. The van der Waals surface area contributed by atoms with Crippen molar-refractivity contribution in [2.75, 3.05) is 0 Å². The average Bonchev–Trinajstić information content (AvgIpc) is 3.61. The van der Waals surface area contributed by atoms with Crippen LogP contribution in [-0.4, -0.2) is 24.1 Å². The van der Waals surface area contributed by atoms with Crippen molar-refractivity contribution in [3.05, 3.63) is 151 Å². The van der Waals surface area contributed by atoms with E-state index in [2.05, 4.69) is 118 Å². The number of fused-ring (bicyclic) bond motifs is 7. The standard InChI is InChI=1S/C39H29N5/c1-2-3-4-11-24-35-40-38(27-16-7-5-8-17-27)42-39(41-35)44-34-23-15-13-21-30(34)32-26-25-31-29-20-12-14-22-33(29)43(36(31)37(32)44)28-18-9-6-10-19-28/h2-23,25-26H,24H2,1H3. The normalized spacial score (nSPS) is 12.1. The van der Waals surface area contributed by atoms with Crippen molar-refractivity contribution in [3.63, 3.8) is 0 Å². The van der Waals surface area contributed by atoms with E-state index in [9.17, 15) is 0 Å². The van der Waals surface area contributed by atoms with E-state index in [1.807, 2.05) is 43.4 Å². The van der Waals surface area contributed by atoms with Crippen LogP contribution in [0.15, 0.2) is 146 Å². The zero-order valence-corrected chi connectivity index (χ0v) is 24.3. The van der Waals surface area contributed by atoms with Crippen molar-refractivity contribution in [2.45, 2.75) is 13.3 Å². The third kappa shape index (κ3) is 4.21. The Morgan fingerprint density at radius 3 is 1.82 bits per heavy atom. The second-order valence-electron chi connectivity index (χ2n) is 10.8. The van der Waals surface area contributed by atoms with E-state index in [4.69, 9.17) is 15.0 Å². The molecule has 0 aliphatic rings. The first kappa shape index (κ1) is 25.9. The molecule has 0 radical (unpaired) electrons. The first-order valence-electron chi connectivity index (χ1n) is 14.9. The molecule has 0 saturated heterocycles. The average molecular weight is 568 g/mol. The first-order chi connectivity index (χ1) is 21.8. The minimum Gasteiger partial charge on any atom is -0.307 e. The Morgan fingerprint density at radius 2 is 1.14 bits per heavy atom. The summed E-state index contributed by atoms with van der Waals surface area (Å²) in [5.41, 5.74) is 6.48. The third-order valence-electron chi connectivity index (χ3n) is 8.13. The fourth-order valence-corrected chi connectivity index (χ4v) is 6.23. The van der Waals surface area contributed by atoms with Gasteiger partial charge in [-0.25, -0.2) is 4.98 Å². The maximum atomic E-state index is 5.15. The van der Waals surface area contributed by atoms with Crippen LogP contribution in [0, 0.1) is 0 Å². The molecule has 44 heavy (non-hydrogen) atoms. The highest BCUT2D eigenvalue weighted by Crippen LogP contribution is 2.41. The van der Waals surface area contributed by atoms with Gasteiger partial charge in [-0.2, -0.15) is 9.97 Å². The Morgan fingerprint density at radius 1 is 0.545 bits per heavy atom. The van der Waals surface area contributed by atoms with Gasteiger partial charge in [0.1, 0.15) is 5.82 Å². The molecular formula is C39H29N5. The summed E-state index contributed by atoms with van der Waals surface area (Å²) in [6, 6.07) is 42.4. The Hall–Kier alpha value is -5.81. The summed E-state index contributed by atoms with van der Waals surface area (Å²) in [6.07, 6.45) is 8.75. The smallest absolute Gasteiger partial charge is 0.238 e. The van der Waals surface area contributed by atoms with Crippen molar-refractivity contribution in [2.24, 2.45) is 0 Å². The van der Waals surface area contributed by atoms with Gasteiger partial charge in [0.15, 0.2) is 5.82 Å². The van der Waals surface area contributed by atoms with Crippen molar-refractivity contribution >= 4 is 43.6 Å². The number of aromatic nitrogens is 5. The number of para-hydroxylation sites is 3. The van der Waals surface area contributed by atoms with Crippen LogP contribution in [0.25, 0.3) is 66.6 Å². The molecule has 0 saturated carbocycles. The Balaban J connectivity index is 1.52. The van der Waals surface area contributed by atoms with E-state index in [0.29, 0.717) is 18.2 Å². The molecule has 3 aromatic heterocycles. The fourth-order valence-electron chi connectivity index (χ4n) is 6.23. The Bertz CT molecular complexity index is 2360. The van der Waals surface area contributed by atoms with Crippen molar-refractivity contribution in [1.82, 2.24) is 24.1 Å². The molecule has 0 N–H and O–H groups in total. The molecule has 0 amide bonds. The maximum absolute atomic E-state index is 5.15. The molecule has 0 aliphatic carbocycles. The lowest BCUT2D eigenvalue weighted by Gasteiger charge is -2.13. The molecule has 5 heteroatoms. The number of allylic oxidation sites excluding steroid dienone is 4. The van der Waals surface area contributed by atoms with Gasteiger partial charge in [0.25, 0.3) is 0 Å². The van der Waals surface area contributed by atoms with Gasteiger partial charge in [0.2, 0.25) is 5.95 Å². The minimum atomic E-state index is 0.594. The number of hydrogen-bond donors (Lipinski definition) is 0. The van der Waals surface area contributed by atoms with E-state index >= 15 is 0 Å². The van der Waals surface area contributed by atoms with Crippen LogP contribution in [0.2, 0.25) is 0 Å². The van der Waals surface area contributed by atoms with Crippen molar-refractivity contribution < 1.29 is 0 Å². The molecule has 0 bridgehead atoms. The van der Waals surface area contributed by atoms with Gasteiger partial charge in [0, 0.05) is 39.2 Å². The molecule has 0 unspecified atom stereocenters. The predicted molar refractivity (Wildman–Crippen MR) is 182 cm³/mol. The van der Waals surface area contributed by atoms with E-state index in [1.165, 1.54) is 10.8 Å². The quantitative estimate of drug-likeness (QED) is 0.188. The van der Waals surface area contributed by atoms with Crippen LogP contribution >= 0.6 is 0 Å². The molecule has 8 rings (SSSR count). The molecule has 5 nitrogen and oxygen atoms in total. The molecule has 0 spiro atoms. The van der Waals surface area contributed by atoms with Gasteiger partial charge < -0.3 is 4.57 Å². The number of rotatable bonds is 6. The van der Waals surface area contributed by atoms with Crippen molar-refractivity contribution in [1.29, 1.82) is 0 Å². The number of benzene rings is 5. The highest BCUT2D eigenvalue weighted by Gasteiger charge is 2.22. The summed E-state index contributed by atoms with van der Waals surface area (Å²) in [7, 11) is 0. The molecule has 0 fully saturated rings. The summed E-state index contributed by atoms with van der Waals surface area (Å²) in [4.78, 5) is 15.2. The lowest BCUT2D eigenvalue weighted by molar-refractivity contribution is 0.883. The highest BCUT2D eigenvalue weighted by molar-refractivity contribution is 6.23. The Kier molecular flexibility index (Phi) is 6.34. The predicted octanol–water partition coefficient (Wildman–Crippen LogP) is 9.41. The summed E-state index contributed by atoms with van der Waals surface area (Å²) < 4.78 is 4.61. The number of nitrogens with zero attached hydrogens (tertiary/aromatic N) is 5. The van der Waals surface area contributed by atoms with Crippen LogP contribution in [-0.2, 0) is 6.42 Å². The molecule has 210 valence electrons. The second-order valence-corrected chi connectivity index (χ2v) is 10.8. The first-order valence-corrected chi connectivity index (χ1v) is 14.9. The van der Waals surface area contributed by atoms with E-state index in [-0.39, 0.29) is 0 Å². The number of hydrogen-bond acceptors (Lipinski definition) is 3. The summed E-state index contributed by atoms with van der Waals surface area (Å²) in [5, 5.41) is 4.71. The van der Waals surface area contributed by atoms with Crippen LogP contribution in [0.5, 0.6) is 0 Å². The monoisotopic (exact) mass is 567 g/mol. The zero-order chi connectivity index (χ0) is 29.5. The van der Waals surface area contributed by atoms with E-state index in [1.54, 1.807) is 0 Å².